The minimum Gasteiger partial charge on any atom is -0.493 e. The van der Waals surface area contributed by atoms with E-state index >= 15 is 0 Å². The maximum Gasteiger partial charge on any atom is 0.376 e. The molecule has 0 fully saturated rings. The lowest BCUT2D eigenvalue weighted by molar-refractivity contribution is -0.146. The molecule has 6 nitrogen and oxygen atoms in total. The minimum atomic E-state index is -1.48. The van der Waals surface area contributed by atoms with Crippen LogP contribution in [0.25, 0.3) is 17.5 Å². The molecule has 0 radical (unpaired) electrons. The number of hydrogen-bond acceptors (Lipinski definition) is 5. The first-order chi connectivity index (χ1) is 13.5. The third-order valence-electron chi connectivity index (χ3n) is 4.04. The van der Waals surface area contributed by atoms with Gasteiger partial charge in [-0.3, -0.25) is 4.79 Å². The average molecular weight is 377 g/mol. The van der Waals surface area contributed by atoms with Crippen molar-refractivity contribution in [3.8, 4) is 17.2 Å². The number of hydrogen-bond donors (Lipinski definition) is 1. The molecule has 1 N–H and O–H groups in total. The highest BCUT2D eigenvalue weighted by atomic mass is 16.5. The molecule has 0 atom stereocenters. The minimum absolute atomic E-state index is 0.439. The molecule has 0 bridgehead atoms. The van der Waals surface area contributed by atoms with Gasteiger partial charge in [0.25, 0.3) is 5.78 Å². The highest BCUT2D eigenvalue weighted by Gasteiger charge is 2.11. The highest BCUT2D eigenvalue weighted by molar-refractivity contribution is 6.38. The van der Waals surface area contributed by atoms with Gasteiger partial charge >= 0.3 is 5.97 Å². The number of carbonyl (C=O) groups excluding carboxylic acids is 1. The van der Waals surface area contributed by atoms with Crippen LogP contribution in [0, 0.1) is 6.92 Å². The first-order valence-electron chi connectivity index (χ1n) is 8.73. The van der Waals surface area contributed by atoms with E-state index in [1.54, 1.807) is 24.3 Å². The second kappa shape index (κ2) is 8.81. The number of aryl methyl sites for hydroxylation is 1. The molecule has 1 aromatic heterocycles. The fourth-order valence-corrected chi connectivity index (χ4v) is 2.55. The lowest BCUT2D eigenvalue weighted by Crippen LogP contribution is -2.08. The molecule has 0 aliphatic carbocycles. The molecule has 0 aliphatic heterocycles. The zero-order valence-corrected chi connectivity index (χ0v) is 15.3. The van der Waals surface area contributed by atoms with Crippen molar-refractivity contribution in [2.24, 2.45) is 0 Å². The molecule has 3 rings (SSSR count). The molecule has 0 amide bonds. The summed E-state index contributed by atoms with van der Waals surface area (Å²) in [4.78, 5) is 26.1. The fourth-order valence-electron chi connectivity index (χ4n) is 2.55. The molecule has 0 aliphatic rings. The number of rotatable bonds is 8. The van der Waals surface area contributed by atoms with Gasteiger partial charge in [0, 0.05) is 12.0 Å². The quantitative estimate of drug-likeness (QED) is 0.472. The molecule has 2 aromatic carbocycles. The number of ether oxygens (including phenoxy) is 1. The van der Waals surface area contributed by atoms with E-state index in [1.807, 2.05) is 37.3 Å². The summed E-state index contributed by atoms with van der Waals surface area (Å²) < 4.78 is 11.5. The van der Waals surface area contributed by atoms with Crippen LogP contribution in [0.4, 0.5) is 0 Å². The zero-order valence-electron chi connectivity index (χ0n) is 15.3. The van der Waals surface area contributed by atoms with Crippen molar-refractivity contribution >= 4 is 17.8 Å². The summed E-state index contributed by atoms with van der Waals surface area (Å²) in [6, 6.07) is 16.7. The van der Waals surface area contributed by atoms with Gasteiger partial charge in [-0.2, -0.15) is 0 Å². The van der Waals surface area contributed by atoms with Crippen LogP contribution in [0.2, 0.25) is 0 Å². The van der Waals surface area contributed by atoms with Crippen molar-refractivity contribution in [3.63, 3.8) is 0 Å². The fraction of sp³-hybridized carbons (Fsp3) is 0.136. The van der Waals surface area contributed by atoms with Crippen LogP contribution in [0.1, 0.15) is 17.0 Å². The maximum absolute atomic E-state index is 11.1. The number of nitrogens with zero attached hydrogens (tertiary/aromatic N) is 1. The largest absolute Gasteiger partial charge is 0.493 e. The number of ketones is 1. The Morgan fingerprint density at radius 3 is 2.50 bits per heavy atom. The number of carboxylic acids is 1. The monoisotopic (exact) mass is 377 g/mol. The van der Waals surface area contributed by atoms with Crippen LogP contribution in [0.3, 0.4) is 0 Å². The van der Waals surface area contributed by atoms with Gasteiger partial charge in [-0.1, -0.05) is 36.4 Å². The van der Waals surface area contributed by atoms with E-state index in [0.29, 0.717) is 30.2 Å². The number of carbonyl (C=O) groups is 2. The zero-order chi connectivity index (χ0) is 19.9. The van der Waals surface area contributed by atoms with Crippen LogP contribution >= 0.6 is 0 Å². The van der Waals surface area contributed by atoms with Gasteiger partial charge in [0.1, 0.15) is 11.5 Å². The number of carboxylic acid groups (broad SMARTS) is 1. The van der Waals surface area contributed by atoms with Gasteiger partial charge in [0.15, 0.2) is 0 Å². The Kier molecular flexibility index (Phi) is 6.01. The Labute approximate surface area is 162 Å². The second-order valence-electron chi connectivity index (χ2n) is 6.06. The second-order valence-corrected chi connectivity index (χ2v) is 6.06. The molecule has 0 spiro atoms. The molecule has 1 heterocycles. The molecule has 0 saturated heterocycles. The lowest BCUT2D eigenvalue weighted by Gasteiger charge is -2.05. The summed E-state index contributed by atoms with van der Waals surface area (Å²) in [5.74, 6) is -0.398. The standard InChI is InChI=1S/C22H19NO5/c1-15-19(23-21(28-15)17-5-3-2-4-6-17)13-14-27-18-10-7-16(8-11-18)9-12-20(24)22(25)26/h2-12H,13-14H2,1H3,(H,25,26). The summed E-state index contributed by atoms with van der Waals surface area (Å²) in [5.41, 5.74) is 2.50. The van der Waals surface area contributed by atoms with Gasteiger partial charge in [0.05, 0.1) is 12.3 Å². The highest BCUT2D eigenvalue weighted by Crippen LogP contribution is 2.22. The molecular weight excluding hydrogens is 358 g/mol. The van der Waals surface area contributed by atoms with E-state index in [1.165, 1.54) is 6.08 Å². The predicted octanol–water partition coefficient (Wildman–Crippen LogP) is 3.94. The SMILES string of the molecule is Cc1oc(-c2ccccc2)nc1CCOc1ccc(C=CC(=O)C(=O)O)cc1. The molecule has 28 heavy (non-hydrogen) atoms. The van der Waals surface area contributed by atoms with Crippen LogP contribution in [-0.2, 0) is 16.0 Å². The van der Waals surface area contributed by atoms with Crippen molar-refractivity contribution in [2.45, 2.75) is 13.3 Å². The number of aromatic nitrogens is 1. The maximum atomic E-state index is 11.1. The van der Waals surface area contributed by atoms with Crippen molar-refractivity contribution in [1.82, 2.24) is 4.98 Å². The Morgan fingerprint density at radius 2 is 1.82 bits per heavy atom. The van der Waals surface area contributed by atoms with Gasteiger partial charge in [-0.15, -0.1) is 0 Å². The predicted molar refractivity (Wildman–Crippen MR) is 104 cm³/mol. The summed E-state index contributed by atoms with van der Waals surface area (Å²) in [6.45, 7) is 2.32. The van der Waals surface area contributed by atoms with Gasteiger partial charge in [0.2, 0.25) is 5.89 Å². The van der Waals surface area contributed by atoms with Gasteiger partial charge < -0.3 is 14.3 Å². The Bertz CT molecular complexity index is 988. The molecule has 0 unspecified atom stereocenters. The van der Waals surface area contributed by atoms with E-state index < -0.39 is 11.8 Å². The Hall–Kier alpha value is -3.67. The van der Waals surface area contributed by atoms with Gasteiger partial charge in [-0.05, 0) is 42.8 Å². The smallest absolute Gasteiger partial charge is 0.376 e. The van der Waals surface area contributed by atoms with Crippen molar-refractivity contribution in [3.05, 3.63) is 77.7 Å². The summed E-state index contributed by atoms with van der Waals surface area (Å²) >= 11 is 0. The first kappa shape index (κ1) is 19.1. The Morgan fingerprint density at radius 1 is 1.11 bits per heavy atom. The average Bonchev–Trinajstić information content (AvgIpc) is 3.08. The normalized spacial score (nSPS) is 10.9. The molecule has 0 saturated carbocycles. The van der Waals surface area contributed by atoms with E-state index in [9.17, 15) is 9.59 Å². The van der Waals surface area contributed by atoms with E-state index in [-0.39, 0.29) is 0 Å². The van der Waals surface area contributed by atoms with E-state index in [4.69, 9.17) is 14.3 Å². The molecule has 142 valence electrons. The molecule has 6 heteroatoms. The molecular formula is C22H19NO5. The number of oxazole rings is 1. The van der Waals surface area contributed by atoms with Crippen LogP contribution in [0.15, 0.2) is 65.1 Å². The number of aliphatic carboxylic acids is 1. The van der Waals surface area contributed by atoms with Crippen LogP contribution in [0.5, 0.6) is 5.75 Å². The molecule has 3 aromatic rings. The lowest BCUT2D eigenvalue weighted by atomic mass is 10.2. The van der Waals surface area contributed by atoms with Crippen molar-refractivity contribution < 1.29 is 23.8 Å². The van der Waals surface area contributed by atoms with Crippen molar-refractivity contribution in [1.29, 1.82) is 0 Å². The number of benzene rings is 2. The first-order valence-corrected chi connectivity index (χ1v) is 8.73. The van der Waals surface area contributed by atoms with Crippen LogP contribution in [-0.4, -0.2) is 28.4 Å². The van der Waals surface area contributed by atoms with Crippen molar-refractivity contribution in [2.75, 3.05) is 6.61 Å². The van der Waals surface area contributed by atoms with Crippen LogP contribution < -0.4 is 4.74 Å². The van der Waals surface area contributed by atoms with E-state index in [2.05, 4.69) is 4.98 Å². The summed E-state index contributed by atoms with van der Waals surface area (Å²) in [7, 11) is 0. The summed E-state index contributed by atoms with van der Waals surface area (Å²) in [5, 5.41) is 8.55. The van der Waals surface area contributed by atoms with Gasteiger partial charge in [-0.25, -0.2) is 9.78 Å². The Balaban J connectivity index is 1.55. The third kappa shape index (κ3) is 4.94. The van der Waals surface area contributed by atoms with E-state index in [0.717, 1.165) is 23.1 Å². The topological polar surface area (TPSA) is 89.6 Å². The summed E-state index contributed by atoms with van der Waals surface area (Å²) in [6.07, 6.45) is 3.08. The third-order valence-corrected chi connectivity index (χ3v) is 4.04.